The second kappa shape index (κ2) is 19.0. The average molecular weight is 923 g/mol. The number of rotatable bonds is 8. The van der Waals surface area contributed by atoms with Crippen molar-refractivity contribution < 1.29 is 9.47 Å². The fourth-order valence-corrected chi connectivity index (χ4v) is 12.0. The Balaban J connectivity index is 0.000000149. The lowest BCUT2D eigenvalue weighted by Crippen LogP contribution is -2.41. The number of imidazole rings is 2. The summed E-state index contributed by atoms with van der Waals surface area (Å²) in [6.07, 6.45) is 17.8. The first kappa shape index (κ1) is 44.7. The van der Waals surface area contributed by atoms with E-state index in [1.54, 1.807) is 12.7 Å². The molecule has 4 saturated heterocycles. The molecule has 0 N–H and O–H groups in total. The average Bonchev–Trinajstić information content (AvgIpc) is 4.21. The molecule has 0 unspecified atom stereocenters. The normalized spacial score (nSPS) is 21.4. The van der Waals surface area contributed by atoms with E-state index in [-0.39, 0.29) is 12.1 Å². The van der Waals surface area contributed by atoms with Gasteiger partial charge in [0.1, 0.15) is 60.4 Å². The SMILES string of the molecule is CC(C)n1ncnc1-c1cn2c(n1)-c1cc(N3CCC[C@@H]3C3CCN(C)CC3)ccc1OCC2.CC(C)n1ncnc1-c1cn2c(n1)-c1cc(N3CCC[C@H]3C3CCN(C)CC3)ccc1OCC2. The van der Waals surface area contributed by atoms with E-state index < -0.39 is 0 Å². The van der Waals surface area contributed by atoms with Gasteiger partial charge in [-0.05, 0) is 168 Å². The maximum absolute atomic E-state index is 6.14. The van der Waals surface area contributed by atoms with Crippen LogP contribution < -0.4 is 19.3 Å². The Kier molecular flexibility index (Phi) is 12.5. The number of fused-ring (bicyclic) bond motifs is 6. The second-order valence-electron chi connectivity index (χ2n) is 20.7. The minimum atomic E-state index is 0.230. The second-order valence-corrected chi connectivity index (χ2v) is 20.7. The Labute approximate surface area is 401 Å². The molecule has 0 aliphatic carbocycles. The summed E-state index contributed by atoms with van der Waals surface area (Å²) in [6, 6.07) is 15.2. The van der Waals surface area contributed by atoms with Crippen LogP contribution in [0.15, 0.2) is 61.4 Å². The predicted octanol–water partition coefficient (Wildman–Crippen LogP) is 8.19. The largest absolute Gasteiger partial charge is 0.491 e. The highest BCUT2D eigenvalue weighted by Crippen LogP contribution is 2.42. The van der Waals surface area contributed by atoms with Crippen LogP contribution in [0.2, 0.25) is 0 Å². The van der Waals surface area contributed by atoms with Gasteiger partial charge < -0.3 is 38.2 Å². The third-order valence-corrected chi connectivity index (χ3v) is 15.6. The monoisotopic (exact) mass is 923 g/mol. The summed E-state index contributed by atoms with van der Waals surface area (Å²) < 4.78 is 20.6. The van der Waals surface area contributed by atoms with Crippen molar-refractivity contribution >= 4 is 11.4 Å². The van der Waals surface area contributed by atoms with Gasteiger partial charge in [0.25, 0.3) is 0 Å². The van der Waals surface area contributed by atoms with Crippen LogP contribution in [0.3, 0.4) is 0 Å². The van der Waals surface area contributed by atoms with Gasteiger partial charge in [-0.15, -0.1) is 0 Å². The first-order valence-corrected chi connectivity index (χ1v) is 25.6. The number of ether oxygens (including phenoxy) is 2. The quantitative estimate of drug-likeness (QED) is 0.146. The van der Waals surface area contributed by atoms with E-state index in [1.165, 1.54) is 88.9 Å². The van der Waals surface area contributed by atoms with Crippen LogP contribution in [-0.2, 0) is 13.1 Å². The van der Waals surface area contributed by atoms with Crippen LogP contribution in [0, 0.1) is 11.8 Å². The smallest absolute Gasteiger partial charge is 0.178 e. The molecular weight excluding hydrogens is 853 g/mol. The number of benzene rings is 2. The molecule has 6 aliphatic heterocycles. The van der Waals surface area contributed by atoms with E-state index in [9.17, 15) is 0 Å². The maximum Gasteiger partial charge on any atom is 0.178 e. The number of hydrogen-bond acceptors (Lipinski definition) is 12. The van der Waals surface area contributed by atoms with Crippen molar-refractivity contribution in [2.45, 2.75) is 116 Å². The first-order valence-electron chi connectivity index (χ1n) is 25.6. The summed E-state index contributed by atoms with van der Waals surface area (Å²) in [7, 11) is 4.49. The number of nitrogens with zero attached hydrogens (tertiary/aromatic N) is 14. The van der Waals surface area contributed by atoms with Crippen molar-refractivity contribution in [1.82, 2.24) is 58.4 Å². The maximum atomic E-state index is 6.14. The van der Waals surface area contributed by atoms with Gasteiger partial charge >= 0.3 is 0 Å². The molecule has 2 aromatic carbocycles. The summed E-state index contributed by atoms with van der Waals surface area (Å²) >= 11 is 0. The Bertz CT molecular complexity index is 2500. The molecule has 10 heterocycles. The van der Waals surface area contributed by atoms with Gasteiger partial charge in [-0.2, -0.15) is 10.2 Å². The summed E-state index contributed by atoms with van der Waals surface area (Å²) in [5, 5.41) is 8.81. The first-order chi connectivity index (χ1) is 33.2. The number of anilines is 2. The molecule has 6 aliphatic rings. The van der Waals surface area contributed by atoms with Crippen molar-refractivity contribution in [3.8, 4) is 57.3 Å². The molecule has 0 amide bonds. The molecule has 68 heavy (non-hydrogen) atoms. The summed E-state index contributed by atoms with van der Waals surface area (Å²) in [5.74, 6) is 6.94. The van der Waals surface area contributed by atoms with Gasteiger partial charge in [0.15, 0.2) is 11.6 Å². The van der Waals surface area contributed by atoms with Crippen molar-refractivity contribution in [2.75, 3.05) is 76.4 Å². The van der Waals surface area contributed by atoms with Crippen molar-refractivity contribution in [1.29, 1.82) is 0 Å². The molecule has 0 saturated carbocycles. The van der Waals surface area contributed by atoms with E-state index in [4.69, 9.17) is 19.4 Å². The van der Waals surface area contributed by atoms with Crippen LogP contribution >= 0.6 is 0 Å². The van der Waals surface area contributed by atoms with Gasteiger partial charge in [-0.1, -0.05) is 0 Å². The highest BCUT2D eigenvalue weighted by atomic mass is 16.5. The molecule has 4 aromatic heterocycles. The van der Waals surface area contributed by atoms with E-state index in [1.807, 2.05) is 9.36 Å². The van der Waals surface area contributed by atoms with Crippen LogP contribution in [0.4, 0.5) is 11.4 Å². The van der Waals surface area contributed by atoms with E-state index >= 15 is 0 Å². The highest BCUT2D eigenvalue weighted by Gasteiger charge is 2.36. The summed E-state index contributed by atoms with van der Waals surface area (Å²) in [5.41, 5.74) is 6.48. The molecule has 6 aromatic rings. The molecule has 16 nitrogen and oxygen atoms in total. The van der Waals surface area contributed by atoms with Gasteiger partial charge in [0.2, 0.25) is 0 Å². The van der Waals surface area contributed by atoms with Gasteiger partial charge in [-0.3, -0.25) is 0 Å². The number of likely N-dealkylation sites (tertiary alicyclic amines) is 2. The minimum absolute atomic E-state index is 0.230. The number of hydrogen-bond donors (Lipinski definition) is 0. The molecule has 16 heteroatoms. The summed E-state index contributed by atoms with van der Waals surface area (Å²) in [4.78, 5) is 29.4. The zero-order valence-corrected chi connectivity index (χ0v) is 41.0. The van der Waals surface area contributed by atoms with E-state index in [0.29, 0.717) is 25.3 Å². The Morgan fingerprint density at radius 1 is 0.515 bits per heavy atom. The molecule has 0 spiro atoms. The van der Waals surface area contributed by atoms with Crippen molar-refractivity contribution in [3.05, 3.63) is 61.4 Å². The lowest BCUT2D eigenvalue weighted by atomic mass is 9.88. The van der Waals surface area contributed by atoms with Gasteiger partial charge in [-0.25, -0.2) is 29.3 Å². The molecular formula is C52H70N14O2. The number of aromatic nitrogens is 10. The molecule has 4 fully saturated rings. The predicted molar refractivity (Wildman–Crippen MR) is 266 cm³/mol. The summed E-state index contributed by atoms with van der Waals surface area (Å²) in [6.45, 7) is 18.4. The van der Waals surface area contributed by atoms with Crippen LogP contribution in [0.25, 0.3) is 45.8 Å². The van der Waals surface area contributed by atoms with Gasteiger partial charge in [0, 0.05) is 61.0 Å². The Morgan fingerprint density at radius 2 is 0.941 bits per heavy atom. The highest BCUT2D eigenvalue weighted by molar-refractivity contribution is 5.74. The minimum Gasteiger partial charge on any atom is -0.491 e. The lowest BCUT2D eigenvalue weighted by molar-refractivity contribution is 0.199. The fraction of sp³-hybridized carbons (Fsp3) is 0.577. The van der Waals surface area contributed by atoms with Crippen LogP contribution in [-0.4, -0.2) is 137 Å². The lowest BCUT2D eigenvalue weighted by Gasteiger charge is -2.38. The molecule has 12 rings (SSSR count). The van der Waals surface area contributed by atoms with Crippen LogP contribution in [0.5, 0.6) is 11.5 Å². The molecule has 0 radical (unpaired) electrons. The Hall–Kier alpha value is -5.74. The van der Waals surface area contributed by atoms with Crippen molar-refractivity contribution in [3.63, 3.8) is 0 Å². The molecule has 2 atom stereocenters. The van der Waals surface area contributed by atoms with Crippen LogP contribution in [0.1, 0.15) is 91.1 Å². The molecule has 360 valence electrons. The van der Waals surface area contributed by atoms with Gasteiger partial charge in [0.05, 0.1) is 24.2 Å². The fourth-order valence-electron chi connectivity index (χ4n) is 12.0. The third kappa shape index (κ3) is 8.67. The topological polar surface area (TPSA) is 128 Å². The standard InChI is InChI=1S/2C26H35N7O/c2*1-18(2)33-26(27-17-28-33)22-16-31-13-14-34-24-7-6-20(15-21(24)25(31)29-22)32-10-4-5-23(32)19-8-11-30(3)12-9-19/h2*6-7,15-19,23H,4-5,8-14H2,1-3H3/t2*23-/m10/s1. The van der Waals surface area contributed by atoms with E-state index in [2.05, 4.69) is 139 Å². The zero-order chi connectivity index (χ0) is 46.5. The Morgan fingerprint density at radius 3 is 1.35 bits per heavy atom. The third-order valence-electron chi connectivity index (χ3n) is 15.6. The number of piperidine rings is 2. The van der Waals surface area contributed by atoms with Crippen molar-refractivity contribution in [2.24, 2.45) is 11.8 Å². The van der Waals surface area contributed by atoms with E-state index in [0.717, 1.165) is 95.3 Å². The molecule has 0 bridgehead atoms. The zero-order valence-electron chi connectivity index (χ0n) is 41.0.